The third-order valence-corrected chi connectivity index (χ3v) is 20.4. The zero-order valence-electron chi connectivity index (χ0n) is 45.5. The minimum absolute atomic E-state index is 0.00898. The summed E-state index contributed by atoms with van der Waals surface area (Å²) >= 11 is 0. The van der Waals surface area contributed by atoms with E-state index in [1.807, 2.05) is 6.92 Å². The second-order valence-electron chi connectivity index (χ2n) is 25.2. The van der Waals surface area contributed by atoms with Gasteiger partial charge in [0.2, 0.25) is 0 Å². The number of hydrogen-bond acceptors (Lipinski definition) is 20. The number of ether oxygens (including phenoxy) is 10. The Morgan fingerprint density at radius 2 is 1.31 bits per heavy atom. The summed E-state index contributed by atoms with van der Waals surface area (Å²) < 4.78 is 62.6. The Bertz CT molecular complexity index is 2020. The number of aliphatic hydroxyl groups is 10. The molecule has 9 rings (SSSR count). The van der Waals surface area contributed by atoms with Crippen LogP contribution in [0.15, 0.2) is 23.3 Å². The number of aliphatic hydroxyl groups excluding tert-OH is 10. The molecule has 75 heavy (non-hydrogen) atoms. The van der Waals surface area contributed by atoms with Gasteiger partial charge in [0, 0.05) is 12.5 Å². The van der Waals surface area contributed by atoms with Gasteiger partial charge in [-0.1, -0.05) is 57.9 Å². The molecule has 4 aliphatic carbocycles. The average Bonchev–Trinajstić information content (AvgIpc) is 3.89. The normalized spacial score (nSPS) is 53.8. The maximum absolute atomic E-state index is 11.9. The molecule has 29 atom stereocenters. The molecule has 0 unspecified atom stereocenters. The summed E-state index contributed by atoms with van der Waals surface area (Å²) in [5, 5.41) is 110. The molecule has 20 nitrogen and oxygen atoms in total. The minimum atomic E-state index is -1.85. The van der Waals surface area contributed by atoms with Crippen LogP contribution >= 0.6 is 0 Å². The van der Waals surface area contributed by atoms with E-state index in [-0.39, 0.29) is 34.6 Å². The Hall–Kier alpha value is -1.32. The second-order valence-corrected chi connectivity index (χ2v) is 25.2. The highest BCUT2D eigenvalue weighted by molar-refractivity contribution is 5.33. The summed E-state index contributed by atoms with van der Waals surface area (Å²) in [6, 6.07) is 0. The van der Waals surface area contributed by atoms with Crippen LogP contribution in [0.3, 0.4) is 0 Å². The lowest BCUT2D eigenvalue weighted by atomic mass is 9.41. The fraction of sp³-hybridized carbons (Fsp3) is 0.927. The number of allylic oxidation sites excluding steroid dienone is 3. The van der Waals surface area contributed by atoms with Gasteiger partial charge in [-0.3, -0.25) is 0 Å². The van der Waals surface area contributed by atoms with Crippen molar-refractivity contribution in [2.75, 3.05) is 19.8 Å². The molecular weight excluding hydrogens is 981 g/mol. The van der Waals surface area contributed by atoms with Crippen LogP contribution in [0.25, 0.3) is 0 Å². The summed E-state index contributed by atoms with van der Waals surface area (Å²) in [5.74, 6) is 1.24. The Balaban J connectivity index is 0.990. The van der Waals surface area contributed by atoms with Gasteiger partial charge in [-0.05, 0) is 125 Å². The largest absolute Gasteiger partial charge is 0.394 e. The van der Waals surface area contributed by atoms with Crippen LogP contribution in [0.2, 0.25) is 0 Å². The van der Waals surface area contributed by atoms with Crippen molar-refractivity contribution in [3.8, 4) is 0 Å². The Morgan fingerprint density at radius 3 is 1.99 bits per heavy atom. The fourth-order valence-electron chi connectivity index (χ4n) is 15.9. The molecule has 5 heterocycles. The lowest BCUT2D eigenvalue weighted by Gasteiger charge is -2.65. The van der Waals surface area contributed by atoms with E-state index in [4.69, 9.17) is 47.4 Å². The quantitative estimate of drug-likeness (QED) is 0.117. The maximum atomic E-state index is 11.9. The standard InChI is InChI=1S/C55H90O20/c1-11-66-47-28(21-27(70-47)20-24(2)3)29-14-18-55(10)31-12-13-34-52(6,7)35(16-17-53(34,8)30(31)15-19-54(29,55)9)72-51-46(45(39(61)33(22-56)71-51)74-49-42(64)40(62)36(58)25(4)68-49)75-50-43(65)44(37(59)26(5)69-50)73-48-41(63)38(60)32(57)23-67-48/h12,20,25-30,32-51,56-65H,11,13-19,21-23H2,1-10H3/t25-,26-,27-,28-,29-,30-,32+,33+,34-,35-,36-,37-,38-,39+,40+,41+,42+,43+,44+,45-,46+,47-,48-,49-,50-,51-,53+,54-,55+/m0/s1. The SMILES string of the molecule is CCO[C@H]1O[C@@H](C=C(C)C)C[C@H]1[C@@H]1CC[C@]2(C)C3=CC[C@H]4C(C)(C)[C@@H](O[C@@H]5O[C@H](CO)[C@@H](O)[C@H](O[C@@H]6O[C@@H](C)[C@H](O)[C@@H](O)[C@H]6O)[C@H]5O[C@@H]5O[C@@H](C)[C@H](O)[C@@H](O[C@@H]6OC[C@@H](O)[C@H](O)[C@H]6O)[C@H]5O)CC[C@]4(C)[C@H]3CC[C@@]12C. The lowest BCUT2D eigenvalue weighted by Crippen LogP contribution is -2.68. The van der Waals surface area contributed by atoms with Crippen LogP contribution in [-0.4, -0.2) is 206 Å². The van der Waals surface area contributed by atoms with Gasteiger partial charge in [0.15, 0.2) is 31.5 Å². The van der Waals surface area contributed by atoms with E-state index in [9.17, 15) is 51.1 Å². The van der Waals surface area contributed by atoms with E-state index >= 15 is 0 Å². The molecule has 0 amide bonds. The molecule has 0 radical (unpaired) electrons. The zero-order chi connectivity index (χ0) is 54.4. The van der Waals surface area contributed by atoms with Crippen molar-refractivity contribution < 1.29 is 98.4 Å². The van der Waals surface area contributed by atoms with Crippen molar-refractivity contribution in [3.63, 3.8) is 0 Å². The molecule has 5 aliphatic heterocycles. The van der Waals surface area contributed by atoms with Gasteiger partial charge < -0.3 is 98.4 Å². The van der Waals surface area contributed by atoms with E-state index in [1.54, 1.807) is 5.57 Å². The minimum Gasteiger partial charge on any atom is -0.394 e. The molecular formula is C55H90O20. The topological polar surface area (TPSA) is 295 Å². The van der Waals surface area contributed by atoms with Crippen molar-refractivity contribution in [2.45, 2.75) is 256 Å². The fourth-order valence-corrected chi connectivity index (χ4v) is 15.9. The highest BCUT2D eigenvalue weighted by atomic mass is 16.8. The van der Waals surface area contributed by atoms with Gasteiger partial charge in [-0.2, -0.15) is 0 Å². The third-order valence-electron chi connectivity index (χ3n) is 20.4. The van der Waals surface area contributed by atoms with E-state index in [0.29, 0.717) is 30.8 Å². The van der Waals surface area contributed by atoms with Crippen molar-refractivity contribution in [2.24, 2.45) is 45.3 Å². The molecule has 5 saturated heterocycles. The summed E-state index contributed by atoms with van der Waals surface area (Å²) in [6.45, 7) is 20.7. The molecule has 0 spiro atoms. The number of rotatable bonds is 13. The van der Waals surface area contributed by atoms with Crippen LogP contribution in [0, 0.1) is 45.3 Å². The molecule has 0 bridgehead atoms. The van der Waals surface area contributed by atoms with Crippen molar-refractivity contribution in [1.82, 2.24) is 0 Å². The molecule has 9 aliphatic rings. The number of fused-ring (bicyclic) bond motifs is 5. The van der Waals surface area contributed by atoms with Crippen LogP contribution in [0.5, 0.6) is 0 Å². The summed E-state index contributed by atoms with van der Waals surface area (Å²) in [7, 11) is 0. The zero-order valence-corrected chi connectivity index (χ0v) is 45.5. The Kier molecular flexibility index (Phi) is 17.3. The lowest BCUT2D eigenvalue weighted by molar-refractivity contribution is -0.402. The Morgan fingerprint density at radius 1 is 0.653 bits per heavy atom. The van der Waals surface area contributed by atoms with Crippen LogP contribution in [0.4, 0.5) is 0 Å². The third kappa shape index (κ3) is 10.2. The van der Waals surface area contributed by atoms with Gasteiger partial charge in [0.1, 0.15) is 79.4 Å². The van der Waals surface area contributed by atoms with E-state index in [2.05, 4.69) is 60.6 Å². The molecule has 0 aromatic rings. The van der Waals surface area contributed by atoms with Gasteiger partial charge in [-0.15, -0.1) is 0 Å². The number of hydrogen-bond donors (Lipinski definition) is 10. The predicted octanol–water partition coefficient (Wildman–Crippen LogP) is 1.68. The van der Waals surface area contributed by atoms with Crippen molar-refractivity contribution in [3.05, 3.63) is 23.3 Å². The molecule has 20 heteroatoms. The average molecular weight is 1070 g/mol. The smallest absolute Gasteiger partial charge is 0.187 e. The molecule has 0 aromatic carbocycles. The molecule has 0 aromatic heterocycles. The van der Waals surface area contributed by atoms with Gasteiger partial charge >= 0.3 is 0 Å². The van der Waals surface area contributed by atoms with Gasteiger partial charge in [0.05, 0.1) is 37.6 Å². The Labute approximate surface area is 441 Å². The first kappa shape index (κ1) is 58.3. The molecule has 3 saturated carbocycles. The predicted molar refractivity (Wildman–Crippen MR) is 265 cm³/mol. The first-order chi connectivity index (χ1) is 35.3. The van der Waals surface area contributed by atoms with Crippen LogP contribution in [-0.2, 0) is 47.4 Å². The van der Waals surface area contributed by atoms with E-state index in [0.717, 1.165) is 44.9 Å². The van der Waals surface area contributed by atoms with Gasteiger partial charge in [0.25, 0.3) is 0 Å². The molecule has 10 N–H and O–H groups in total. The molecule has 8 fully saturated rings. The molecule has 430 valence electrons. The van der Waals surface area contributed by atoms with Gasteiger partial charge in [-0.25, -0.2) is 0 Å². The summed E-state index contributed by atoms with van der Waals surface area (Å²) in [6.07, 6.45) is -17.8. The summed E-state index contributed by atoms with van der Waals surface area (Å²) in [4.78, 5) is 0. The van der Waals surface area contributed by atoms with Crippen LogP contribution < -0.4 is 0 Å². The highest BCUT2D eigenvalue weighted by Crippen LogP contribution is 2.74. The van der Waals surface area contributed by atoms with E-state index < -0.39 is 141 Å². The first-order valence-corrected chi connectivity index (χ1v) is 27.9. The van der Waals surface area contributed by atoms with E-state index in [1.165, 1.54) is 19.4 Å². The van der Waals surface area contributed by atoms with Crippen LogP contribution in [0.1, 0.15) is 121 Å². The summed E-state index contributed by atoms with van der Waals surface area (Å²) in [5.41, 5.74) is 2.27. The van der Waals surface area contributed by atoms with Crippen molar-refractivity contribution >= 4 is 0 Å². The maximum Gasteiger partial charge on any atom is 0.187 e. The second kappa shape index (κ2) is 22.2. The first-order valence-electron chi connectivity index (χ1n) is 27.9. The van der Waals surface area contributed by atoms with Crippen molar-refractivity contribution in [1.29, 1.82) is 0 Å². The highest BCUT2D eigenvalue weighted by Gasteiger charge is 2.67. The monoisotopic (exact) mass is 1070 g/mol.